The van der Waals surface area contributed by atoms with Gasteiger partial charge in [-0.05, 0) is 25.1 Å². The molecule has 0 fully saturated rings. The second kappa shape index (κ2) is 3.11. The van der Waals surface area contributed by atoms with Gasteiger partial charge >= 0.3 is 0 Å². The molecule has 1 N–H and O–H groups in total. The van der Waals surface area contributed by atoms with E-state index in [4.69, 9.17) is 8.83 Å². The van der Waals surface area contributed by atoms with Crippen molar-refractivity contribution in [2.45, 2.75) is 13.0 Å². The van der Waals surface area contributed by atoms with Gasteiger partial charge in [0.15, 0.2) is 0 Å². The molecule has 2 aromatic heterocycles. The number of aliphatic hydroxyl groups is 1. The van der Waals surface area contributed by atoms with E-state index >= 15 is 0 Å². The fourth-order valence-electron chi connectivity index (χ4n) is 1.20. The Kier molecular flexibility index (Phi) is 1.94. The highest BCUT2D eigenvalue weighted by Crippen LogP contribution is 2.23. The maximum atomic E-state index is 9.74. The van der Waals surface area contributed by atoms with Gasteiger partial charge in [-0.25, -0.2) is 0 Å². The van der Waals surface area contributed by atoms with Gasteiger partial charge in [0, 0.05) is 5.56 Å². The Hall–Kier alpha value is -1.48. The summed E-state index contributed by atoms with van der Waals surface area (Å²) in [5.41, 5.74) is 0.703. The minimum atomic E-state index is -0.729. The molecule has 2 rings (SSSR count). The Labute approximate surface area is 75.6 Å². The molecule has 0 saturated heterocycles. The van der Waals surface area contributed by atoms with Crippen molar-refractivity contribution in [1.29, 1.82) is 0 Å². The van der Waals surface area contributed by atoms with E-state index in [1.165, 1.54) is 12.5 Å². The first kappa shape index (κ1) is 8.13. The third kappa shape index (κ3) is 1.51. The zero-order valence-corrected chi connectivity index (χ0v) is 7.23. The Morgan fingerprint density at radius 1 is 1.31 bits per heavy atom. The molecule has 2 aromatic rings. The Bertz CT molecular complexity index is 373. The summed E-state index contributed by atoms with van der Waals surface area (Å²) in [6, 6.07) is 5.29. The van der Waals surface area contributed by atoms with Gasteiger partial charge in [0.2, 0.25) is 0 Å². The van der Waals surface area contributed by atoms with Crippen molar-refractivity contribution >= 4 is 0 Å². The third-order valence-corrected chi connectivity index (χ3v) is 1.89. The van der Waals surface area contributed by atoms with E-state index in [0.717, 1.165) is 5.76 Å². The number of aliphatic hydroxyl groups excluding tert-OH is 1. The van der Waals surface area contributed by atoms with Crippen LogP contribution in [0.4, 0.5) is 0 Å². The standard InChI is InChI=1S/C10H10O3/c1-7-2-3-9(13-7)10(11)8-4-5-12-6-8/h2-6,10-11H,1H3/t10-/m0/s1. The van der Waals surface area contributed by atoms with E-state index in [-0.39, 0.29) is 0 Å². The topological polar surface area (TPSA) is 46.5 Å². The molecule has 13 heavy (non-hydrogen) atoms. The van der Waals surface area contributed by atoms with E-state index in [0.29, 0.717) is 11.3 Å². The van der Waals surface area contributed by atoms with Crippen LogP contribution < -0.4 is 0 Å². The van der Waals surface area contributed by atoms with E-state index in [2.05, 4.69) is 0 Å². The average molecular weight is 178 g/mol. The van der Waals surface area contributed by atoms with Crippen molar-refractivity contribution < 1.29 is 13.9 Å². The molecule has 0 aromatic carbocycles. The highest BCUT2D eigenvalue weighted by molar-refractivity contribution is 5.20. The van der Waals surface area contributed by atoms with E-state index in [9.17, 15) is 5.11 Å². The number of aryl methyl sites for hydroxylation is 1. The first-order valence-corrected chi connectivity index (χ1v) is 4.04. The molecule has 68 valence electrons. The summed E-state index contributed by atoms with van der Waals surface area (Å²) in [6.45, 7) is 1.84. The summed E-state index contributed by atoms with van der Waals surface area (Å²) in [6.07, 6.45) is 2.30. The molecule has 0 aliphatic carbocycles. The van der Waals surface area contributed by atoms with Crippen LogP contribution in [-0.2, 0) is 0 Å². The largest absolute Gasteiger partial charge is 0.472 e. The molecule has 0 aliphatic heterocycles. The van der Waals surface area contributed by atoms with Gasteiger partial charge in [-0.2, -0.15) is 0 Å². The SMILES string of the molecule is Cc1ccc([C@@H](O)c2ccoc2)o1. The Morgan fingerprint density at radius 2 is 2.15 bits per heavy atom. The maximum absolute atomic E-state index is 9.74. The first-order chi connectivity index (χ1) is 6.27. The summed E-state index contributed by atoms with van der Waals surface area (Å²) in [7, 11) is 0. The molecule has 0 spiro atoms. The molecule has 3 nitrogen and oxygen atoms in total. The maximum Gasteiger partial charge on any atom is 0.140 e. The van der Waals surface area contributed by atoms with Crippen LogP contribution in [0.2, 0.25) is 0 Å². The molecule has 3 heteroatoms. The second-order valence-corrected chi connectivity index (χ2v) is 2.91. The van der Waals surface area contributed by atoms with E-state index in [1.807, 2.05) is 13.0 Å². The predicted octanol–water partition coefficient (Wildman–Crippen LogP) is 2.26. The third-order valence-electron chi connectivity index (χ3n) is 1.89. The van der Waals surface area contributed by atoms with Crippen molar-refractivity contribution in [3.63, 3.8) is 0 Å². The highest BCUT2D eigenvalue weighted by Gasteiger charge is 2.14. The summed E-state index contributed by atoms with van der Waals surface area (Å²) in [4.78, 5) is 0. The molecule has 1 atom stereocenters. The zero-order valence-electron chi connectivity index (χ0n) is 7.23. The van der Waals surface area contributed by atoms with Crippen LogP contribution in [0.25, 0.3) is 0 Å². The van der Waals surface area contributed by atoms with Crippen molar-refractivity contribution in [1.82, 2.24) is 0 Å². The van der Waals surface area contributed by atoms with Crippen LogP contribution in [0.15, 0.2) is 39.6 Å². The minimum absolute atomic E-state index is 0.541. The second-order valence-electron chi connectivity index (χ2n) is 2.91. The van der Waals surface area contributed by atoms with Gasteiger partial charge in [0.05, 0.1) is 12.5 Å². The molecule has 2 heterocycles. The summed E-state index contributed by atoms with van der Waals surface area (Å²) >= 11 is 0. The Balaban J connectivity index is 2.28. The lowest BCUT2D eigenvalue weighted by Gasteiger charge is -2.03. The van der Waals surface area contributed by atoms with E-state index in [1.54, 1.807) is 12.1 Å². The summed E-state index contributed by atoms with van der Waals surface area (Å²) in [5.74, 6) is 1.33. The molecule has 0 radical (unpaired) electrons. The van der Waals surface area contributed by atoms with Crippen LogP contribution in [0, 0.1) is 6.92 Å². The van der Waals surface area contributed by atoms with Crippen LogP contribution in [0.3, 0.4) is 0 Å². The first-order valence-electron chi connectivity index (χ1n) is 4.04. The number of furan rings is 2. The van der Waals surface area contributed by atoms with Gasteiger partial charge in [-0.15, -0.1) is 0 Å². The van der Waals surface area contributed by atoms with Gasteiger partial charge in [0.1, 0.15) is 17.6 Å². The zero-order chi connectivity index (χ0) is 9.26. The Morgan fingerprint density at radius 3 is 2.69 bits per heavy atom. The molecule has 0 bridgehead atoms. The molecular weight excluding hydrogens is 168 g/mol. The van der Waals surface area contributed by atoms with Crippen LogP contribution in [0.5, 0.6) is 0 Å². The number of rotatable bonds is 2. The lowest BCUT2D eigenvalue weighted by molar-refractivity contribution is 0.187. The van der Waals surface area contributed by atoms with Crippen molar-refractivity contribution in [2.24, 2.45) is 0 Å². The van der Waals surface area contributed by atoms with E-state index < -0.39 is 6.10 Å². The lowest BCUT2D eigenvalue weighted by Crippen LogP contribution is -1.95. The minimum Gasteiger partial charge on any atom is -0.472 e. The van der Waals surface area contributed by atoms with Crippen LogP contribution in [-0.4, -0.2) is 5.11 Å². The average Bonchev–Trinajstić information content (AvgIpc) is 2.72. The number of hydrogen-bond donors (Lipinski definition) is 1. The molecule has 0 amide bonds. The van der Waals surface area contributed by atoms with Gasteiger partial charge in [-0.1, -0.05) is 0 Å². The normalized spacial score (nSPS) is 13.1. The van der Waals surface area contributed by atoms with Crippen LogP contribution in [0.1, 0.15) is 23.2 Å². The van der Waals surface area contributed by atoms with Crippen LogP contribution >= 0.6 is 0 Å². The molecule has 0 aliphatic rings. The van der Waals surface area contributed by atoms with Crippen molar-refractivity contribution in [3.05, 3.63) is 47.8 Å². The highest BCUT2D eigenvalue weighted by atomic mass is 16.4. The van der Waals surface area contributed by atoms with Gasteiger partial charge < -0.3 is 13.9 Å². The lowest BCUT2D eigenvalue weighted by atomic mass is 10.1. The molecule has 0 unspecified atom stereocenters. The fraction of sp³-hybridized carbons (Fsp3) is 0.200. The smallest absolute Gasteiger partial charge is 0.140 e. The molecule has 0 saturated carbocycles. The van der Waals surface area contributed by atoms with Crippen molar-refractivity contribution in [2.75, 3.05) is 0 Å². The monoisotopic (exact) mass is 178 g/mol. The van der Waals surface area contributed by atoms with Gasteiger partial charge in [-0.3, -0.25) is 0 Å². The quantitative estimate of drug-likeness (QED) is 0.767. The predicted molar refractivity (Wildman–Crippen MR) is 46.2 cm³/mol. The fourth-order valence-corrected chi connectivity index (χ4v) is 1.20. The molecular formula is C10H10O3. The van der Waals surface area contributed by atoms with Crippen molar-refractivity contribution in [3.8, 4) is 0 Å². The number of hydrogen-bond acceptors (Lipinski definition) is 3. The van der Waals surface area contributed by atoms with Gasteiger partial charge in [0.25, 0.3) is 0 Å². The summed E-state index contributed by atoms with van der Waals surface area (Å²) < 4.78 is 10.1. The summed E-state index contributed by atoms with van der Waals surface area (Å²) in [5, 5.41) is 9.74.